The predicted molar refractivity (Wildman–Crippen MR) is 65.3 cm³/mol. The lowest BCUT2D eigenvalue weighted by Gasteiger charge is -2.09. The molecule has 1 amide bonds. The first-order valence-electron chi connectivity index (χ1n) is 4.84. The molecule has 17 heavy (non-hydrogen) atoms. The van der Waals surface area contributed by atoms with E-state index in [1.165, 1.54) is 0 Å². The van der Waals surface area contributed by atoms with E-state index in [4.69, 9.17) is 16.2 Å². The van der Waals surface area contributed by atoms with E-state index < -0.39 is 17.9 Å². The molecule has 0 radical (unpaired) electrons. The summed E-state index contributed by atoms with van der Waals surface area (Å²) in [5.74, 6) is -1.24. The molecular weight excluding hydrogens is 244 g/mol. The second kappa shape index (κ2) is 7.65. The van der Waals surface area contributed by atoms with Crippen LogP contribution in [0.4, 0.5) is 0 Å². The van der Waals surface area contributed by atoms with Gasteiger partial charge in [-0.3, -0.25) is 9.59 Å². The molecule has 0 saturated heterocycles. The third-order valence-corrected chi connectivity index (χ3v) is 1.95. The minimum absolute atomic E-state index is 0. The number of benzene rings is 1. The van der Waals surface area contributed by atoms with Crippen LogP contribution in [0.3, 0.4) is 0 Å². The van der Waals surface area contributed by atoms with E-state index in [0.29, 0.717) is 0 Å². The van der Waals surface area contributed by atoms with E-state index in [2.05, 4.69) is 0 Å². The zero-order chi connectivity index (χ0) is 12.0. The van der Waals surface area contributed by atoms with Crippen molar-refractivity contribution in [3.05, 3.63) is 35.9 Å². The van der Waals surface area contributed by atoms with Crippen molar-refractivity contribution < 1.29 is 14.3 Å². The van der Waals surface area contributed by atoms with Gasteiger partial charge in [0.15, 0.2) is 0 Å². The first kappa shape index (κ1) is 15.4. The second-order valence-electron chi connectivity index (χ2n) is 3.37. The summed E-state index contributed by atoms with van der Waals surface area (Å²) in [6.45, 7) is 0.145. The van der Waals surface area contributed by atoms with E-state index >= 15 is 0 Å². The number of primary amides is 1. The molecule has 6 heteroatoms. The van der Waals surface area contributed by atoms with Crippen molar-refractivity contribution >= 4 is 24.3 Å². The molecule has 0 aromatic heterocycles. The fourth-order valence-electron chi connectivity index (χ4n) is 1.14. The molecule has 1 aromatic rings. The highest BCUT2D eigenvalue weighted by atomic mass is 35.5. The molecule has 0 fully saturated rings. The van der Waals surface area contributed by atoms with Gasteiger partial charge < -0.3 is 16.2 Å². The van der Waals surface area contributed by atoms with Crippen molar-refractivity contribution in [3.8, 4) is 0 Å². The van der Waals surface area contributed by atoms with Crippen LogP contribution in [0, 0.1) is 0 Å². The maximum Gasteiger partial charge on any atom is 0.323 e. The highest BCUT2D eigenvalue weighted by Crippen LogP contribution is 2.02. The van der Waals surface area contributed by atoms with E-state index in [1.807, 2.05) is 30.3 Å². The molecule has 4 N–H and O–H groups in total. The van der Waals surface area contributed by atoms with Gasteiger partial charge in [-0.05, 0) is 5.56 Å². The average Bonchev–Trinajstić information content (AvgIpc) is 2.26. The molecular formula is C11H15ClN2O3. The Labute approximate surface area is 106 Å². The van der Waals surface area contributed by atoms with Crippen molar-refractivity contribution in [3.63, 3.8) is 0 Å². The van der Waals surface area contributed by atoms with Crippen LogP contribution in [-0.4, -0.2) is 17.9 Å². The van der Waals surface area contributed by atoms with E-state index in [1.54, 1.807) is 0 Å². The van der Waals surface area contributed by atoms with Crippen molar-refractivity contribution in [2.75, 3.05) is 0 Å². The first-order valence-corrected chi connectivity index (χ1v) is 4.84. The van der Waals surface area contributed by atoms with E-state index in [9.17, 15) is 9.59 Å². The number of nitrogens with two attached hydrogens (primary N) is 2. The van der Waals surface area contributed by atoms with Crippen molar-refractivity contribution in [2.45, 2.75) is 19.1 Å². The topological polar surface area (TPSA) is 95.4 Å². The van der Waals surface area contributed by atoms with Gasteiger partial charge in [0.25, 0.3) is 0 Å². The molecule has 0 heterocycles. The molecule has 0 bridgehead atoms. The Bertz CT molecular complexity index is 370. The van der Waals surface area contributed by atoms with Crippen LogP contribution in [0.2, 0.25) is 0 Å². The molecule has 0 spiro atoms. The van der Waals surface area contributed by atoms with Crippen LogP contribution in [0.25, 0.3) is 0 Å². The molecule has 94 valence electrons. The number of esters is 1. The highest BCUT2D eigenvalue weighted by Gasteiger charge is 2.17. The van der Waals surface area contributed by atoms with Crippen molar-refractivity contribution in [1.29, 1.82) is 0 Å². The number of rotatable bonds is 5. The van der Waals surface area contributed by atoms with Crippen LogP contribution >= 0.6 is 12.4 Å². The molecule has 5 nitrogen and oxygen atoms in total. The van der Waals surface area contributed by atoms with Gasteiger partial charge in [-0.15, -0.1) is 12.4 Å². The molecule has 0 saturated carbocycles. The summed E-state index contributed by atoms with van der Waals surface area (Å²) in [4.78, 5) is 21.8. The van der Waals surface area contributed by atoms with Crippen LogP contribution < -0.4 is 11.5 Å². The minimum atomic E-state index is -0.985. The Kier molecular flexibility index (Phi) is 6.93. The summed E-state index contributed by atoms with van der Waals surface area (Å²) in [5.41, 5.74) is 11.2. The first-order chi connectivity index (χ1) is 7.59. The lowest BCUT2D eigenvalue weighted by molar-refractivity contribution is -0.147. The maximum absolute atomic E-state index is 11.3. The standard InChI is InChI=1S/C11H14N2O3.ClH/c12-9(6-10(13)14)11(15)16-7-8-4-2-1-3-5-8;/h1-5,9H,6-7,12H2,(H2,13,14);1H/t9-;/m1./s1. The molecule has 0 unspecified atom stereocenters. The summed E-state index contributed by atoms with van der Waals surface area (Å²) >= 11 is 0. The smallest absolute Gasteiger partial charge is 0.323 e. The van der Waals surface area contributed by atoms with Crippen LogP contribution in [-0.2, 0) is 20.9 Å². The Morgan fingerprint density at radius 2 is 1.82 bits per heavy atom. The van der Waals surface area contributed by atoms with Crippen molar-refractivity contribution in [2.24, 2.45) is 11.5 Å². The number of ether oxygens (including phenoxy) is 1. The Balaban J connectivity index is 0.00000256. The summed E-state index contributed by atoms with van der Waals surface area (Å²) in [5, 5.41) is 0. The largest absolute Gasteiger partial charge is 0.460 e. The van der Waals surface area contributed by atoms with Gasteiger partial charge in [-0.25, -0.2) is 0 Å². The van der Waals surface area contributed by atoms with E-state index in [-0.39, 0.29) is 25.4 Å². The third kappa shape index (κ3) is 5.89. The monoisotopic (exact) mass is 258 g/mol. The lowest BCUT2D eigenvalue weighted by Crippen LogP contribution is -2.36. The minimum Gasteiger partial charge on any atom is -0.460 e. The SMILES string of the molecule is Cl.NC(=O)C[C@@H](N)C(=O)OCc1ccccc1. The highest BCUT2D eigenvalue weighted by molar-refractivity contribution is 5.85. The molecule has 0 aliphatic heterocycles. The summed E-state index contributed by atoms with van der Waals surface area (Å²) < 4.78 is 4.92. The fourth-order valence-corrected chi connectivity index (χ4v) is 1.14. The molecule has 0 aliphatic rings. The zero-order valence-corrected chi connectivity index (χ0v) is 9.98. The number of hydrogen-bond donors (Lipinski definition) is 2. The van der Waals surface area contributed by atoms with Crippen LogP contribution in [0.5, 0.6) is 0 Å². The summed E-state index contributed by atoms with van der Waals surface area (Å²) in [6.07, 6.45) is -0.201. The van der Waals surface area contributed by atoms with Gasteiger partial charge in [0.05, 0.1) is 6.42 Å². The quantitative estimate of drug-likeness (QED) is 0.745. The van der Waals surface area contributed by atoms with Gasteiger partial charge in [0, 0.05) is 0 Å². The number of carbonyl (C=O) groups is 2. The fraction of sp³-hybridized carbons (Fsp3) is 0.273. The second-order valence-corrected chi connectivity index (χ2v) is 3.37. The zero-order valence-electron chi connectivity index (χ0n) is 9.17. The molecule has 0 aliphatic carbocycles. The van der Waals surface area contributed by atoms with Gasteiger partial charge in [0.1, 0.15) is 12.6 Å². The molecule has 1 atom stereocenters. The summed E-state index contributed by atoms with van der Waals surface area (Å²) in [6, 6.07) is 8.21. The Morgan fingerprint density at radius 3 is 2.35 bits per heavy atom. The normalized spacial score (nSPS) is 11.1. The number of halogens is 1. The Hall–Kier alpha value is -1.59. The molecule has 1 rings (SSSR count). The average molecular weight is 259 g/mol. The lowest BCUT2D eigenvalue weighted by atomic mass is 10.2. The van der Waals surface area contributed by atoms with Crippen LogP contribution in [0.15, 0.2) is 30.3 Å². The van der Waals surface area contributed by atoms with Crippen molar-refractivity contribution in [1.82, 2.24) is 0 Å². The third-order valence-electron chi connectivity index (χ3n) is 1.95. The van der Waals surface area contributed by atoms with Gasteiger partial charge in [-0.2, -0.15) is 0 Å². The number of amides is 1. The van der Waals surface area contributed by atoms with Gasteiger partial charge >= 0.3 is 5.97 Å². The number of hydrogen-bond acceptors (Lipinski definition) is 4. The van der Waals surface area contributed by atoms with E-state index in [0.717, 1.165) is 5.56 Å². The summed E-state index contributed by atoms with van der Waals surface area (Å²) in [7, 11) is 0. The molecule has 1 aromatic carbocycles. The van der Waals surface area contributed by atoms with Crippen LogP contribution in [0.1, 0.15) is 12.0 Å². The maximum atomic E-state index is 11.3. The Morgan fingerprint density at radius 1 is 1.24 bits per heavy atom. The number of carbonyl (C=O) groups excluding carboxylic acids is 2. The van der Waals surface area contributed by atoms with Gasteiger partial charge in [0.2, 0.25) is 5.91 Å². The van der Waals surface area contributed by atoms with Gasteiger partial charge in [-0.1, -0.05) is 30.3 Å². The predicted octanol–water partition coefficient (Wildman–Crippen LogP) is 0.354.